The van der Waals surface area contributed by atoms with Gasteiger partial charge in [0.2, 0.25) is 5.91 Å². The first-order valence-corrected chi connectivity index (χ1v) is 9.08. The second kappa shape index (κ2) is 10.1. The Morgan fingerprint density at radius 1 is 1.29 bits per heavy atom. The summed E-state index contributed by atoms with van der Waals surface area (Å²) in [5, 5.41) is 9.05. The van der Waals surface area contributed by atoms with Crippen molar-refractivity contribution in [2.75, 3.05) is 32.1 Å². The number of aliphatic hydroxyl groups is 1. The quantitative estimate of drug-likeness (QED) is 0.673. The van der Waals surface area contributed by atoms with Crippen molar-refractivity contribution in [2.45, 2.75) is 52.9 Å². The van der Waals surface area contributed by atoms with Crippen molar-refractivity contribution in [1.29, 1.82) is 0 Å². The molecule has 1 aliphatic heterocycles. The fourth-order valence-corrected chi connectivity index (χ4v) is 3.54. The van der Waals surface area contributed by atoms with Gasteiger partial charge in [0.25, 0.3) is 0 Å². The zero-order valence-electron chi connectivity index (χ0n) is 13.7. The van der Waals surface area contributed by atoms with Crippen LogP contribution in [0.3, 0.4) is 0 Å². The Labute approximate surface area is 133 Å². The van der Waals surface area contributed by atoms with Gasteiger partial charge in [0.05, 0.1) is 12.4 Å². The summed E-state index contributed by atoms with van der Waals surface area (Å²) in [7, 11) is 0. The molecule has 1 rings (SSSR count). The lowest BCUT2D eigenvalue weighted by Gasteiger charge is -2.26. The van der Waals surface area contributed by atoms with Crippen molar-refractivity contribution in [3.05, 3.63) is 10.6 Å². The summed E-state index contributed by atoms with van der Waals surface area (Å²) in [6.45, 7) is 8.79. The molecule has 0 unspecified atom stereocenters. The third kappa shape index (κ3) is 5.91. The molecular weight excluding hydrogens is 284 g/mol. The molecule has 0 saturated carbocycles. The van der Waals surface area contributed by atoms with Gasteiger partial charge in [-0.05, 0) is 19.8 Å². The highest BCUT2D eigenvalue weighted by Gasteiger charge is 2.23. The standard InChI is InChI=1S/C16H30N2O2S/c1-4-6-9-17(10-7-5-2)16(20)12-18-13-21-15(8-11-19)14(18)3/h19H,4-13H2,1-3H3. The average Bonchev–Trinajstić information content (AvgIpc) is 2.81. The van der Waals surface area contributed by atoms with Crippen molar-refractivity contribution >= 4 is 17.7 Å². The van der Waals surface area contributed by atoms with Crippen LogP contribution < -0.4 is 0 Å². The highest BCUT2D eigenvalue weighted by molar-refractivity contribution is 8.03. The number of hydrogen-bond acceptors (Lipinski definition) is 4. The number of nitrogens with zero attached hydrogens (tertiary/aromatic N) is 2. The maximum absolute atomic E-state index is 12.5. The first-order valence-electron chi connectivity index (χ1n) is 8.10. The zero-order chi connectivity index (χ0) is 15.7. The summed E-state index contributed by atoms with van der Waals surface area (Å²) in [6.07, 6.45) is 5.10. The predicted octanol–water partition coefficient (Wildman–Crippen LogP) is 3.04. The SMILES string of the molecule is CCCCN(CCCC)C(=O)CN1CSC(CCO)=C1C. The predicted molar refractivity (Wildman–Crippen MR) is 90.0 cm³/mol. The first-order chi connectivity index (χ1) is 10.1. The molecule has 1 N–H and O–H groups in total. The van der Waals surface area contributed by atoms with E-state index >= 15 is 0 Å². The molecule has 5 heteroatoms. The second-order valence-corrected chi connectivity index (χ2v) is 6.58. The number of hydrogen-bond donors (Lipinski definition) is 1. The number of carbonyl (C=O) groups excluding carboxylic acids is 1. The van der Waals surface area contributed by atoms with Gasteiger partial charge in [-0.1, -0.05) is 26.7 Å². The molecular formula is C16H30N2O2S. The molecule has 0 aromatic heterocycles. The molecule has 4 nitrogen and oxygen atoms in total. The third-order valence-corrected chi connectivity index (χ3v) is 5.14. The Morgan fingerprint density at radius 3 is 2.43 bits per heavy atom. The smallest absolute Gasteiger partial charge is 0.242 e. The normalized spacial score (nSPS) is 15.0. The van der Waals surface area contributed by atoms with Crippen LogP contribution in [-0.2, 0) is 4.79 Å². The number of carbonyl (C=O) groups is 1. The van der Waals surface area contributed by atoms with E-state index in [2.05, 4.69) is 25.7 Å². The van der Waals surface area contributed by atoms with Crippen molar-refractivity contribution in [1.82, 2.24) is 9.80 Å². The molecule has 0 saturated heterocycles. The number of aliphatic hydroxyl groups excluding tert-OH is 1. The number of thioether (sulfide) groups is 1. The van der Waals surface area contributed by atoms with Crippen LogP contribution in [0.2, 0.25) is 0 Å². The van der Waals surface area contributed by atoms with Crippen LogP contribution in [-0.4, -0.2) is 52.9 Å². The van der Waals surface area contributed by atoms with Crippen molar-refractivity contribution in [2.24, 2.45) is 0 Å². The average molecular weight is 314 g/mol. The summed E-state index contributed by atoms with van der Waals surface area (Å²) in [5.74, 6) is 1.07. The van der Waals surface area contributed by atoms with Gasteiger partial charge < -0.3 is 14.9 Å². The number of allylic oxidation sites excluding steroid dienone is 1. The molecule has 0 bridgehead atoms. The van der Waals surface area contributed by atoms with Gasteiger partial charge in [-0.2, -0.15) is 0 Å². The van der Waals surface area contributed by atoms with Crippen LogP contribution in [0.15, 0.2) is 10.6 Å². The van der Waals surface area contributed by atoms with Crippen LogP contribution in [0.4, 0.5) is 0 Å². The van der Waals surface area contributed by atoms with E-state index < -0.39 is 0 Å². The maximum atomic E-state index is 12.5. The minimum atomic E-state index is 0.181. The number of rotatable bonds is 10. The molecule has 1 amide bonds. The van der Waals surface area contributed by atoms with E-state index in [1.165, 1.54) is 4.91 Å². The van der Waals surface area contributed by atoms with Crippen LogP contribution in [0.1, 0.15) is 52.9 Å². The van der Waals surface area contributed by atoms with Gasteiger partial charge in [0.15, 0.2) is 0 Å². The van der Waals surface area contributed by atoms with Gasteiger partial charge in [-0.3, -0.25) is 4.79 Å². The Hall–Kier alpha value is -0.680. The van der Waals surface area contributed by atoms with E-state index in [1.807, 2.05) is 4.90 Å². The van der Waals surface area contributed by atoms with Gasteiger partial charge >= 0.3 is 0 Å². The molecule has 21 heavy (non-hydrogen) atoms. The summed E-state index contributed by atoms with van der Waals surface area (Å²) in [4.78, 5) is 17.9. The lowest BCUT2D eigenvalue weighted by molar-refractivity contribution is -0.132. The van der Waals surface area contributed by atoms with E-state index in [4.69, 9.17) is 5.11 Å². The highest BCUT2D eigenvalue weighted by atomic mass is 32.2. The molecule has 0 fully saturated rings. The van der Waals surface area contributed by atoms with E-state index in [0.717, 1.165) is 50.3 Å². The van der Waals surface area contributed by atoms with Gasteiger partial charge in [0, 0.05) is 36.7 Å². The second-order valence-electron chi connectivity index (χ2n) is 5.54. The van der Waals surface area contributed by atoms with Gasteiger partial charge in [-0.15, -0.1) is 11.8 Å². The largest absolute Gasteiger partial charge is 0.396 e. The van der Waals surface area contributed by atoms with Crippen LogP contribution in [0.25, 0.3) is 0 Å². The summed E-state index contributed by atoms with van der Waals surface area (Å²) < 4.78 is 0. The highest BCUT2D eigenvalue weighted by Crippen LogP contribution is 2.33. The van der Waals surface area contributed by atoms with E-state index in [-0.39, 0.29) is 12.5 Å². The molecule has 0 aromatic rings. The number of amides is 1. The minimum Gasteiger partial charge on any atom is -0.396 e. The van der Waals surface area contributed by atoms with Gasteiger partial charge in [0.1, 0.15) is 0 Å². The molecule has 0 radical (unpaired) electrons. The van der Waals surface area contributed by atoms with E-state index in [9.17, 15) is 4.79 Å². The molecule has 0 aliphatic carbocycles. The summed E-state index contributed by atoms with van der Waals surface area (Å²) >= 11 is 1.75. The molecule has 0 spiro atoms. The van der Waals surface area contributed by atoms with Crippen molar-refractivity contribution in [3.63, 3.8) is 0 Å². The van der Waals surface area contributed by atoms with E-state index in [1.54, 1.807) is 11.8 Å². The zero-order valence-corrected chi connectivity index (χ0v) is 14.5. The van der Waals surface area contributed by atoms with Crippen LogP contribution in [0, 0.1) is 0 Å². The molecule has 1 aliphatic rings. The molecule has 122 valence electrons. The Balaban J connectivity index is 2.56. The van der Waals surface area contributed by atoms with Crippen LogP contribution >= 0.6 is 11.8 Å². The topological polar surface area (TPSA) is 43.8 Å². The Bertz CT molecular complexity index is 350. The van der Waals surface area contributed by atoms with Crippen molar-refractivity contribution < 1.29 is 9.90 Å². The van der Waals surface area contributed by atoms with Gasteiger partial charge in [-0.25, -0.2) is 0 Å². The molecule has 0 atom stereocenters. The summed E-state index contributed by atoms with van der Waals surface area (Å²) in [5.41, 5.74) is 1.16. The fourth-order valence-electron chi connectivity index (χ4n) is 2.37. The molecule has 0 aromatic carbocycles. The minimum absolute atomic E-state index is 0.181. The molecule has 1 heterocycles. The monoisotopic (exact) mass is 314 g/mol. The lowest BCUT2D eigenvalue weighted by Crippen LogP contribution is -2.40. The van der Waals surface area contributed by atoms with Crippen LogP contribution in [0.5, 0.6) is 0 Å². The van der Waals surface area contributed by atoms with Crippen molar-refractivity contribution in [3.8, 4) is 0 Å². The maximum Gasteiger partial charge on any atom is 0.242 e. The Kier molecular flexibility index (Phi) is 8.85. The lowest BCUT2D eigenvalue weighted by atomic mass is 10.2. The first kappa shape index (κ1) is 18.4. The fraction of sp³-hybridized carbons (Fsp3) is 0.812. The summed E-state index contributed by atoms with van der Waals surface area (Å²) in [6, 6.07) is 0. The number of unbranched alkanes of at least 4 members (excludes halogenated alkanes) is 2. The third-order valence-electron chi connectivity index (χ3n) is 3.85. The Morgan fingerprint density at radius 2 is 1.90 bits per heavy atom. The van der Waals surface area contributed by atoms with E-state index in [0.29, 0.717) is 13.0 Å².